The van der Waals surface area contributed by atoms with Crippen LogP contribution in [-0.4, -0.2) is 57.5 Å². The second kappa shape index (κ2) is 7.51. The van der Waals surface area contributed by atoms with Gasteiger partial charge in [-0.3, -0.25) is 9.59 Å². The third kappa shape index (κ3) is 3.24. The third-order valence-corrected chi connectivity index (χ3v) is 7.24. The molecule has 1 spiro atoms. The molecule has 5 nitrogen and oxygen atoms in total. The molecule has 4 rings (SSSR count). The van der Waals surface area contributed by atoms with Gasteiger partial charge in [0.15, 0.2) is 0 Å². The van der Waals surface area contributed by atoms with Crippen LogP contribution in [0.3, 0.4) is 0 Å². The van der Waals surface area contributed by atoms with E-state index in [4.69, 9.17) is 0 Å². The van der Waals surface area contributed by atoms with Gasteiger partial charge in [-0.15, -0.1) is 0 Å². The summed E-state index contributed by atoms with van der Waals surface area (Å²) in [5.41, 5.74) is 2.31. The lowest BCUT2D eigenvalue weighted by Gasteiger charge is -2.48. The van der Waals surface area contributed by atoms with Crippen molar-refractivity contribution in [3.05, 3.63) is 34.9 Å². The van der Waals surface area contributed by atoms with Crippen molar-refractivity contribution < 1.29 is 14.7 Å². The highest BCUT2D eigenvalue weighted by atomic mass is 16.3. The molecule has 5 heteroatoms. The number of rotatable bonds is 2. The van der Waals surface area contributed by atoms with Crippen LogP contribution < -0.4 is 0 Å². The second-order valence-corrected chi connectivity index (χ2v) is 8.96. The van der Waals surface area contributed by atoms with Gasteiger partial charge in [-0.05, 0) is 88.5 Å². The van der Waals surface area contributed by atoms with Crippen LogP contribution in [0, 0.1) is 13.8 Å². The molecule has 3 aliphatic rings. The van der Waals surface area contributed by atoms with Crippen molar-refractivity contribution in [3.63, 3.8) is 0 Å². The van der Waals surface area contributed by atoms with Gasteiger partial charge in [0.2, 0.25) is 5.91 Å². The Hall–Kier alpha value is -1.88. The predicted octanol–water partition coefficient (Wildman–Crippen LogP) is 3.20. The molecule has 1 saturated carbocycles. The Morgan fingerprint density at radius 1 is 1.04 bits per heavy atom. The van der Waals surface area contributed by atoms with Crippen molar-refractivity contribution in [3.8, 4) is 0 Å². The Morgan fingerprint density at radius 2 is 1.71 bits per heavy atom. The topological polar surface area (TPSA) is 60.9 Å². The number of hydrogen-bond donors (Lipinski definition) is 1. The normalized spacial score (nSPS) is 30.9. The Kier molecular flexibility index (Phi) is 5.21. The van der Waals surface area contributed by atoms with Crippen LogP contribution in [0.2, 0.25) is 0 Å². The molecule has 1 aromatic rings. The lowest BCUT2D eigenvalue weighted by Crippen LogP contribution is -2.63. The minimum Gasteiger partial charge on any atom is -0.393 e. The number of amides is 2. The van der Waals surface area contributed by atoms with Crippen molar-refractivity contribution >= 4 is 11.8 Å². The molecule has 0 radical (unpaired) electrons. The van der Waals surface area contributed by atoms with Crippen LogP contribution in [0.25, 0.3) is 0 Å². The molecule has 1 aromatic carbocycles. The largest absolute Gasteiger partial charge is 0.393 e. The van der Waals surface area contributed by atoms with Crippen LogP contribution in [0.15, 0.2) is 18.2 Å². The van der Waals surface area contributed by atoms with Crippen LogP contribution >= 0.6 is 0 Å². The molecule has 1 unspecified atom stereocenters. The number of aliphatic hydroxyl groups is 1. The summed E-state index contributed by atoms with van der Waals surface area (Å²) in [6, 6.07) is 6.06. The first-order valence-corrected chi connectivity index (χ1v) is 10.8. The summed E-state index contributed by atoms with van der Waals surface area (Å²) < 4.78 is 0. The maximum atomic E-state index is 13.7. The molecule has 28 heavy (non-hydrogen) atoms. The van der Waals surface area contributed by atoms with E-state index in [2.05, 4.69) is 0 Å². The van der Waals surface area contributed by atoms with Gasteiger partial charge in [0.25, 0.3) is 5.91 Å². The van der Waals surface area contributed by atoms with Crippen molar-refractivity contribution in [1.29, 1.82) is 0 Å². The summed E-state index contributed by atoms with van der Waals surface area (Å²) in [6.07, 6.45) is 6.44. The third-order valence-electron chi connectivity index (χ3n) is 7.24. The molecular formula is C23H32N2O3. The zero-order chi connectivity index (χ0) is 19.9. The minimum atomic E-state index is -0.663. The number of aliphatic hydroxyl groups excluding tert-OH is 1. The molecule has 1 N–H and O–H groups in total. The van der Waals surface area contributed by atoms with Crippen molar-refractivity contribution in [1.82, 2.24) is 9.80 Å². The lowest BCUT2D eigenvalue weighted by atomic mass is 9.82. The molecule has 2 amide bonds. The number of benzene rings is 1. The maximum Gasteiger partial charge on any atom is 0.254 e. The molecule has 0 bridgehead atoms. The molecule has 152 valence electrons. The zero-order valence-corrected chi connectivity index (χ0v) is 17.1. The van der Waals surface area contributed by atoms with E-state index in [9.17, 15) is 14.7 Å². The van der Waals surface area contributed by atoms with Gasteiger partial charge >= 0.3 is 0 Å². The predicted molar refractivity (Wildman–Crippen MR) is 108 cm³/mol. The second-order valence-electron chi connectivity index (χ2n) is 8.96. The minimum absolute atomic E-state index is 0.00475. The first-order chi connectivity index (χ1) is 13.4. The molecule has 3 fully saturated rings. The van der Waals surface area contributed by atoms with Crippen LogP contribution in [0.5, 0.6) is 0 Å². The van der Waals surface area contributed by atoms with E-state index in [-0.39, 0.29) is 24.0 Å². The van der Waals surface area contributed by atoms with Crippen LogP contribution in [0.1, 0.15) is 72.9 Å². The monoisotopic (exact) mass is 384 g/mol. The summed E-state index contributed by atoms with van der Waals surface area (Å²) in [5.74, 6) is 0.143. The summed E-state index contributed by atoms with van der Waals surface area (Å²) in [5, 5.41) is 9.82. The van der Waals surface area contributed by atoms with Gasteiger partial charge in [-0.1, -0.05) is 6.07 Å². The number of hydrogen-bond acceptors (Lipinski definition) is 3. The van der Waals surface area contributed by atoms with E-state index >= 15 is 0 Å². The number of carbonyl (C=O) groups excluding carboxylic acids is 2. The molecule has 2 aliphatic heterocycles. The molecule has 2 saturated heterocycles. The molecule has 1 aliphatic carbocycles. The summed E-state index contributed by atoms with van der Waals surface area (Å²) in [6.45, 7) is 5.52. The number of nitrogens with zero attached hydrogens (tertiary/aromatic N) is 2. The summed E-state index contributed by atoms with van der Waals surface area (Å²) in [4.78, 5) is 31.0. The first-order valence-electron chi connectivity index (χ1n) is 10.8. The number of piperidine rings is 1. The highest BCUT2D eigenvalue weighted by Crippen LogP contribution is 2.41. The van der Waals surface area contributed by atoms with E-state index in [0.717, 1.165) is 63.5 Å². The standard InChI is InChI=1S/C23H32N2O3/c1-16-5-6-18(15-17(16)2)21(27)25-14-4-12-23(25)11-3-13-24(22(23)28)19-7-9-20(26)10-8-19/h5-6,15,19-20,26H,3-4,7-14H2,1-2H3. The van der Waals surface area contributed by atoms with Gasteiger partial charge < -0.3 is 14.9 Å². The molecule has 1 atom stereocenters. The van der Waals surface area contributed by atoms with E-state index in [0.29, 0.717) is 12.1 Å². The highest BCUT2D eigenvalue weighted by molar-refractivity contribution is 6.00. The fourth-order valence-corrected chi connectivity index (χ4v) is 5.42. The van der Waals surface area contributed by atoms with Gasteiger partial charge in [-0.2, -0.15) is 0 Å². The SMILES string of the molecule is Cc1ccc(C(=O)N2CCCC23CCCN(C2CCC(O)CC2)C3=O)cc1C. The lowest BCUT2D eigenvalue weighted by molar-refractivity contribution is -0.149. The van der Waals surface area contributed by atoms with Crippen LogP contribution in [0.4, 0.5) is 0 Å². The van der Waals surface area contributed by atoms with E-state index in [1.54, 1.807) is 0 Å². The summed E-state index contributed by atoms with van der Waals surface area (Å²) in [7, 11) is 0. The van der Waals surface area contributed by atoms with Gasteiger partial charge in [-0.25, -0.2) is 0 Å². The summed E-state index contributed by atoms with van der Waals surface area (Å²) >= 11 is 0. The Balaban J connectivity index is 1.58. The van der Waals surface area contributed by atoms with E-state index in [1.807, 2.05) is 41.8 Å². The highest BCUT2D eigenvalue weighted by Gasteiger charge is 2.53. The first kappa shape index (κ1) is 19.4. The Bertz CT molecular complexity index is 769. The maximum absolute atomic E-state index is 13.7. The van der Waals surface area contributed by atoms with Crippen molar-refractivity contribution in [2.75, 3.05) is 13.1 Å². The Morgan fingerprint density at radius 3 is 2.39 bits per heavy atom. The Labute approximate surface area is 167 Å². The number of aryl methyl sites for hydroxylation is 2. The van der Waals surface area contributed by atoms with E-state index in [1.165, 1.54) is 5.56 Å². The average Bonchev–Trinajstić information content (AvgIpc) is 3.11. The van der Waals surface area contributed by atoms with Gasteiger partial charge in [0.05, 0.1) is 6.10 Å². The van der Waals surface area contributed by atoms with E-state index < -0.39 is 5.54 Å². The fraction of sp³-hybridized carbons (Fsp3) is 0.652. The van der Waals surface area contributed by atoms with Crippen molar-refractivity contribution in [2.24, 2.45) is 0 Å². The smallest absolute Gasteiger partial charge is 0.254 e. The molecule has 0 aromatic heterocycles. The quantitative estimate of drug-likeness (QED) is 0.852. The average molecular weight is 385 g/mol. The fourth-order valence-electron chi connectivity index (χ4n) is 5.42. The number of likely N-dealkylation sites (tertiary alicyclic amines) is 2. The van der Waals surface area contributed by atoms with Gasteiger partial charge in [0.1, 0.15) is 5.54 Å². The molecular weight excluding hydrogens is 352 g/mol. The number of carbonyl (C=O) groups is 2. The van der Waals surface area contributed by atoms with Crippen molar-refractivity contribution in [2.45, 2.75) is 82.9 Å². The molecule has 2 heterocycles. The zero-order valence-electron chi connectivity index (χ0n) is 17.1. The van der Waals surface area contributed by atoms with Crippen LogP contribution in [-0.2, 0) is 4.79 Å². The van der Waals surface area contributed by atoms with Gasteiger partial charge in [0, 0.05) is 24.7 Å².